The van der Waals surface area contributed by atoms with E-state index in [1.54, 1.807) is 0 Å². The molecule has 184 valence electrons. The van der Waals surface area contributed by atoms with Gasteiger partial charge in [-0.25, -0.2) is 0 Å². The molecule has 2 amide bonds. The summed E-state index contributed by atoms with van der Waals surface area (Å²) in [6.07, 6.45) is 1.90. The monoisotopic (exact) mass is 533 g/mol. The molecule has 0 N–H and O–H groups in total. The van der Waals surface area contributed by atoms with E-state index >= 15 is 0 Å². The topological polar surface area (TPSA) is 85.1 Å². The van der Waals surface area contributed by atoms with Crippen LogP contribution in [0.25, 0.3) is 0 Å². The number of carbonyl (C=O) groups is 2. The van der Waals surface area contributed by atoms with Crippen LogP contribution in [-0.2, 0) is 20.7 Å². The normalized spacial score (nSPS) is 20.9. The minimum absolute atomic E-state index is 0.0777. The molecular weight excluding hydrogens is 502 g/mol. The molecule has 0 radical (unpaired) electrons. The Kier molecular flexibility index (Phi) is 8.26. The van der Waals surface area contributed by atoms with Gasteiger partial charge in [-0.1, -0.05) is 27.2 Å². The molecule has 1 aromatic carbocycles. The van der Waals surface area contributed by atoms with Gasteiger partial charge >= 0.3 is 0 Å². The van der Waals surface area contributed by atoms with Crippen molar-refractivity contribution in [3.8, 4) is 5.75 Å². The first-order valence-corrected chi connectivity index (χ1v) is 12.7. The summed E-state index contributed by atoms with van der Waals surface area (Å²) in [5, 5.41) is 3.98. The fourth-order valence-corrected chi connectivity index (χ4v) is 5.10. The number of aryl methyl sites for hydroxylation is 2. The smallest absolute Gasteiger partial charge is 0.223 e. The van der Waals surface area contributed by atoms with Gasteiger partial charge in [-0.15, -0.1) is 0 Å². The number of ether oxygens (including phenoxy) is 2. The number of morpholine rings is 1. The Hall–Kier alpha value is -2.39. The van der Waals surface area contributed by atoms with Crippen LogP contribution in [-0.4, -0.2) is 72.3 Å². The van der Waals surface area contributed by atoms with Crippen LogP contribution in [0.15, 0.2) is 33.3 Å². The lowest BCUT2D eigenvalue weighted by Crippen LogP contribution is -2.50. The van der Waals surface area contributed by atoms with Crippen LogP contribution < -0.4 is 4.74 Å². The van der Waals surface area contributed by atoms with Crippen LogP contribution >= 0.6 is 15.9 Å². The summed E-state index contributed by atoms with van der Waals surface area (Å²) in [6.45, 7) is 7.26. The highest BCUT2D eigenvalue weighted by Crippen LogP contribution is 2.28. The van der Waals surface area contributed by atoms with E-state index in [-0.39, 0.29) is 23.8 Å². The minimum atomic E-state index is -0.133. The average molecular weight is 534 g/mol. The van der Waals surface area contributed by atoms with Crippen LogP contribution in [0.2, 0.25) is 0 Å². The molecule has 1 aromatic heterocycles. The lowest BCUT2D eigenvalue weighted by molar-refractivity contribution is -0.141. The van der Waals surface area contributed by atoms with Gasteiger partial charge in [-0.05, 0) is 38.5 Å². The van der Waals surface area contributed by atoms with Crippen LogP contribution in [0.1, 0.15) is 36.3 Å². The predicted molar refractivity (Wildman–Crippen MR) is 130 cm³/mol. The van der Waals surface area contributed by atoms with Crippen molar-refractivity contribution in [1.82, 2.24) is 15.0 Å². The molecule has 0 saturated carbocycles. The van der Waals surface area contributed by atoms with Gasteiger partial charge in [0.05, 0.1) is 18.9 Å². The molecule has 9 heteroatoms. The highest BCUT2D eigenvalue weighted by molar-refractivity contribution is 9.10. The van der Waals surface area contributed by atoms with E-state index in [0.29, 0.717) is 65.1 Å². The number of benzene rings is 1. The van der Waals surface area contributed by atoms with Crippen molar-refractivity contribution in [3.63, 3.8) is 0 Å². The molecule has 0 unspecified atom stereocenters. The number of halogens is 1. The molecule has 2 saturated heterocycles. The van der Waals surface area contributed by atoms with Gasteiger partial charge in [0, 0.05) is 61.4 Å². The van der Waals surface area contributed by atoms with E-state index in [2.05, 4.69) is 21.1 Å². The standard InChI is InChI=1S/C25H32BrN3O5/c1-17-22(18(2)34-27-17)6-7-24(30)29-9-8-23(33-21-5-3-4-20(26)15-21)19(16-29)14-25(31)28-10-12-32-13-11-28/h3-5,15,19,23H,6-14,16H2,1-2H3/t19-,23-/m0/s1. The van der Waals surface area contributed by atoms with Gasteiger partial charge in [0.25, 0.3) is 0 Å². The summed E-state index contributed by atoms with van der Waals surface area (Å²) in [5.41, 5.74) is 1.83. The Morgan fingerprint density at radius 3 is 2.65 bits per heavy atom. The third-order valence-electron chi connectivity index (χ3n) is 6.67. The summed E-state index contributed by atoms with van der Waals surface area (Å²) in [7, 11) is 0. The van der Waals surface area contributed by atoms with Gasteiger partial charge in [0.15, 0.2) is 0 Å². The molecule has 4 rings (SSSR count). The van der Waals surface area contributed by atoms with Crippen molar-refractivity contribution in [2.45, 2.75) is 45.6 Å². The second-order valence-electron chi connectivity index (χ2n) is 9.00. The van der Waals surface area contributed by atoms with E-state index in [0.717, 1.165) is 27.2 Å². The summed E-state index contributed by atoms with van der Waals surface area (Å²) in [5.74, 6) is 1.64. The van der Waals surface area contributed by atoms with Crippen LogP contribution in [0.4, 0.5) is 0 Å². The third kappa shape index (κ3) is 6.18. The molecule has 2 aliphatic heterocycles. The molecule has 3 heterocycles. The van der Waals surface area contributed by atoms with Crippen molar-refractivity contribution in [1.29, 1.82) is 0 Å². The Bertz CT molecular complexity index is 985. The Balaban J connectivity index is 1.42. The largest absolute Gasteiger partial charge is 0.490 e. The molecule has 2 aliphatic rings. The van der Waals surface area contributed by atoms with Crippen molar-refractivity contribution >= 4 is 27.7 Å². The maximum atomic E-state index is 13.1. The predicted octanol–water partition coefficient (Wildman–Crippen LogP) is 3.53. The highest BCUT2D eigenvalue weighted by atomic mass is 79.9. The summed E-state index contributed by atoms with van der Waals surface area (Å²) < 4.78 is 17.9. The number of aromatic nitrogens is 1. The SMILES string of the molecule is Cc1noc(C)c1CCC(=O)N1CC[C@H](Oc2cccc(Br)c2)[C@@H](CC(=O)N2CCOCC2)C1. The molecule has 0 aliphatic carbocycles. The zero-order valence-electron chi connectivity index (χ0n) is 19.8. The Labute approximate surface area is 208 Å². The fourth-order valence-electron chi connectivity index (χ4n) is 4.72. The fraction of sp³-hybridized carbons (Fsp3) is 0.560. The van der Waals surface area contributed by atoms with E-state index in [1.165, 1.54) is 0 Å². The zero-order valence-corrected chi connectivity index (χ0v) is 21.4. The first-order chi connectivity index (χ1) is 16.4. The first kappa shape index (κ1) is 24.7. The van der Waals surface area contributed by atoms with Crippen LogP contribution in [0.3, 0.4) is 0 Å². The lowest BCUT2D eigenvalue weighted by atomic mass is 9.90. The zero-order chi connectivity index (χ0) is 24.1. The van der Waals surface area contributed by atoms with Crippen LogP contribution in [0.5, 0.6) is 5.75 Å². The summed E-state index contributed by atoms with van der Waals surface area (Å²) >= 11 is 3.49. The highest BCUT2D eigenvalue weighted by Gasteiger charge is 2.35. The van der Waals surface area contributed by atoms with Crippen LogP contribution in [0, 0.1) is 19.8 Å². The maximum absolute atomic E-state index is 13.1. The Morgan fingerprint density at radius 2 is 1.94 bits per heavy atom. The van der Waals surface area contributed by atoms with E-state index in [9.17, 15) is 9.59 Å². The van der Waals surface area contributed by atoms with E-state index in [1.807, 2.05) is 47.9 Å². The molecule has 0 spiro atoms. The van der Waals surface area contributed by atoms with Crippen molar-refractivity contribution in [2.24, 2.45) is 5.92 Å². The van der Waals surface area contributed by atoms with Gasteiger partial charge in [-0.2, -0.15) is 0 Å². The van der Waals surface area contributed by atoms with Crippen molar-refractivity contribution in [2.75, 3.05) is 39.4 Å². The summed E-state index contributed by atoms with van der Waals surface area (Å²) in [6, 6.07) is 7.74. The third-order valence-corrected chi connectivity index (χ3v) is 7.16. The minimum Gasteiger partial charge on any atom is -0.490 e. The van der Waals surface area contributed by atoms with Crippen molar-refractivity contribution < 1.29 is 23.6 Å². The van der Waals surface area contributed by atoms with Gasteiger partial charge in [0.1, 0.15) is 17.6 Å². The van der Waals surface area contributed by atoms with Crippen molar-refractivity contribution in [3.05, 3.63) is 45.8 Å². The van der Waals surface area contributed by atoms with Gasteiger partial charge in [0.2, 0.25) is 11.8 Å². The maximum Gasteiger partial charge on any atom is 0.223 e. The first-order valence-electron chi connectivity index (χ1n) is 11.9. The number of rotatable bonds is 7. The molecule has 2 atom stereocenters. The number of hydrogen-bond acceptors (Lipinski definition) is 6. The second kappa shape index (κ2) is 11.4. The molecular formula is C25H32BrN3O5. The molecule has 8 nitrogen and oxygen atoms in total. The number of likely N-dealkylation sites (tertiary alicyclic amines) is 1. The quantitative estimate of drug-likeness (QED) is 0.541. The second-order valence-corrected chi connectivity index (χ2v) is 9.92. The molecule has 2 fully saturated rings. The number of hydrogen-bond donors (Lipinski definition) is 0. The average Bonchev–Trinajstić information content (AvgIpc) is 3.16. The summed E-state index contributed by atoms with van der Waals surface area (Å²) in [4.78, 5) is 29.9. The Morgan fingerprint density at radius 1 is 1.15 bits per heavy atom. The van der Waals surface area contributed by atoms with E-state index < -0.39 is 0 Å². The molecule has 2 aromatic rings. The van der Waals surface area contributed by atoms with Gasteiger partial charge < -0.3 is 23.8 Å². The number of piperidine rings is 1. The number of nitrogens with zero attached hydrogens (tertiary/aromatic N) is 3. The number of amides is 2. The molecule has 34 heavy (non-hydrogen) atoms. The number of carbonyl (C=O) groups excluding carboxylic acids is 2. The van der Waals surface area contributed by atoms with Gasteiger partial charge in [-0.3, -0.25) is 9.59 Å². The van der Waals surface area contributed by atoms with E-state index in [4.69, 9.17) is 14.0 Å². The lowest BCUT2D eigenvalue weighted by Gasteiger charge is -2.39. The molecule has 0 bridgehead atoms.